The van der Waals surface area contributed by atoms with Crippen LogP contribution in [0, 0.1) is 10.8 Å². The van der Waals surface area contributed by atoms with Crippen LogP contribution in [-0.2, 0) is 9.59 Å². The van der Waals surface area contributed by atoms with E-state index in [9.17, 15) is 28.6 Å². The Hall–Kier alpha value is -1.24. The molecule has 0 aromatic rings. The molecule has 4 aliphatic rings. The minimum atomic E-state index is -3.15. The van der Waals surface area contributed by atoms with Crippen molar-refractivity contribution in [2.75, 3.05) is 0 Å². The maximum atomic E-state index is 13.3. The molecule has 7 heteroatoms. The predicted octanol–water partition coefficient (Wildman–Crippen LogP) is 1.69. The van der Waals surface area contributed by atoms with Crippen molar-refractivity contribution in [1.82, 2.24) is 5.32 Å². The molecule has 4 fully saturated rings. The summed E-state index contributed by atoms with van der Waals surface area (Å²) in [5.41, 5.74) is -1.35. The highest BCUT2D eigenvalue weighted by Crippen LogP contribution is 2.57. The first kappa shape index (κ1) is 15.6. The summed E-state index contributed by atoms with van der Waals surface area (Å²) < 4.78 is 26.7. The summed E-state index contributed by atoms with van der Waals surface area (Å²) in [7, 11) is 0. The highest BCUT2D eigenvalue weighted by molar-refractivity contribution is 5.85. The fourth-order valence-corrected chi connectivity index (χ4v) is 4.27. The minimum Gasteiger partial charge on any atom is -0.481 e. The van der Waals surface area contributed by atoms with Crippen LogP contribution in [0.3, 0.4) is 0 Å². The Balaban J connectivity index is 1.66. The van der Waals surface area contributed by atoms with Gasteiger partial charge in [-0.2, -0.15) is 0 Å². The summed E-state index contributed by atoms with van der Waals surface area (Å²) in [6.45, 7) is 0. The van der Waals surface area contributed by atoms with Crippen molar-refractivity contribution in [2.24, 2.45) is 10.8 Å². The second kappa shape index (κ2) is 4.88. The fourth-order valence-electron chi connectivity index (χ4n) is 4.27. The van der Waals surface area contributed by atoms with Gasteiger partial charge in [-0.25, -0.2) is 8.78 Å². The fraction of sp³-hybridized carbons (Fsp3) is 0.867. The molecule has 0 spiro atoms. The average Bonchev–Trinajstić information content (AvgIpc) is 2.76. The SMILES string of the molecule is O=C(O)C12CCC(C(=O)N[C@H]3CCC(F)(F)[C@@H]3O)(CC1)CC2. The Kier molecular flexibility index (Phi) is 3.47. The lowest BCUT2D eigenvalue weighted by Gasteiger charge is -2.50. The molecule has 0 heterocycles. The molecule has 1 amide bonds. The monoisotopic (exact) mass is 317 g/mol. The van der Waals surface area contributed by atoms with Gasteiger partial charge >= 0.3 is 5.97 Å². The van der Waals surface area contributed by atoms with Crippen LogP contribution in [0.25, 0.3) is 0 Å². The van der Waals surface area contributed by atoms with Crippen molar-refractivity contribution in [1.29, 1.82) is 0 Å². The number of aliphatic hydroxyl groups excluding tert-OH is 1. The number of fused-ring (bicyclic) bond motifs is 3. The largest absolute Gasteiger partial charge is 0.481 e. The van der Waals surface area contributed by atoms with Crippen LogP contribution in [0.1, 0.15) is 51.4 Å². The van der Waals surface area contributed by atoms with Crippen molar-refractivity contribution in [2.45, 2.75) is 69.4 Å². The molecule has 0 aromatic heterocycles. The molecule has 0 saturated heterocycles. The van der Waals surface area contributed by atoms with E-state index in [1.807, 2.05) is 0 Å². The van der Waals surface area contributed by atoms with Gasteiger partial charge in [-0.15, -0.1) is 0 Å². The zero-order chi connectivity index (χ0) is 16.2. The summed E-state index contributed by atoms with van der Waals surface area (Å²) in [5.74, 6) is -4.24. The number of carbonyl (C=O) groups is 2. The number of carboxylic acids is 1. The number of halogens is 2. The van der Waals surface area contributed by atoms with Gasteiger partial charge in [0, 0.05) is 11.8 Å². The van der Waals surface area contributed by atoms with Crippen LogP contribution in [0.5, 0.6) is 0 Å². The number of alkyl halides is 2. The number of rotatable bonds is 3. The maximum Gasteiger partial charge on any atom is 0.309 e. The molecule has 0 aromatic carbocycles. The number of nitrogens with one attached hydrogen (secondary N) is 1. The third-order valence-corrected chi connectivity index (χ3v) is 6.10. The molecule has 0 radical (unpaired) electrons. The molecule has 3 N–H and O–H groups in total. The molecule has 22 heavy (non-hydrogen) atoms. The van der Waals surface area contributed by atoms with Gasteiger partial charge in [0.1, 0.15) is 6.10 Å². The van der Waals surface area contributed by atoms with E-state index >= 15 is 0 Å². The number of aliphatic carboxylic acids is 1. The van der Waals surface area contributed by atoms with Crippen molar-refractivity contribution < 1.29 is 28.6 Å². The average molecular weight is 317 g/mol. The first-order chi connectivity index (χ1) is 10.2. The minimum absolute atomic E-state index is 0.0645. The van der Waals surface area contributed by atoms with Gasteiger partial charge in [-0.05, 0) is 44.9 Å². The van der Waals surface area contributed by atoms with Gasteiger partial charge in [0.15, 0.2) is 0 Å². The first-order valence-corrected chi connectivity index (χ1v) is 7.81. The lowest BCUT2D eigenvalue weighted by atomic mass is 9.53. The third-order valence-electron chi connectivity index (χ3n) is 6.10. The number of aliphatic hydroxyl groups is 1. The zero-order valence-electron chi connectivity index (χ0n) is 12.3. The van der Waals surface area contributed by atoms with E-state index in [1.54, 1.807) is 0 Å². The summed E-state index contributed by atoms with van der Waals surface area (Å²) in [4.78, 5) is 23.9. The quantitative estimate of drug-likeness (QED) is 0.739. The van der Waals surface area contributed by atoms with E-state index < -0.39 is 41.3 Å². The van der Waals surface area contributed by atoms with Gasteiger partial charge in [0.05, 0.1) is 11.5 Å². The van der Waals surface area contributed by atoms with Crippen molar-refractivity contribution in [3.63, 3.8) is 0 Å². The molecule has 0 unspecified atom stereocenters. The van der Waals surface area contributed by atoms with Crippen LogP contribution in [0.4, 0.5) is 8.78 Å². The summed E-state index contributed by atoms with van der Waals surface area (Å²) >= 11 is 0. The predicted molar refractivity (Wildman–Crippen MR) is 72.3 cm³/mol. The second-order valence-corrected chi connectivity index (χ2v) is 7.19. The van der Waals surface area contributed by atoms with E-state index in [2.05, 4.69) is 5.32 Å². The van der Waals surface area contributed by atoms with Gasteiger partial charge < -0.3 is 15.5 Å². The molecule has 124 valence electrons. The van der Waals surface area contributed by atoms with Crippen LogP contribution < -0.4 is 5.32 Å². The molecular weight excluding hydrogens is 296 g/mol. The lowest BCUT2D eigenvalue weighted by molar-refractivity contribution is -0.164. The first-order valence-electron chi connectivity index (χ1n) is 7.81. The number of amides is 1. The van der Waals surface area contributed by atoms with E-state index in [4.69, 9.17) is 0 Å². The summed E-state index contributed by atoms with van der Waals surface area (Å²) in [6.07, 6.45) is 0.609. The Bertz CT molecular complexity index is 483. The number of hydrogen-bond acceptors (Lipinski definition) is 3. The normalized spacial score (nSPS) is 43.0. The Morgan fingerprint density at radius 3 is 1.86 bits per heavy atom. The Labute approximate surface area is 127 Å². The lowest BCUT2D eigenvalue weighted by Crippen LogP contribution is -2.55. The molecule has 2 atom stereocenters. The van der Waals surface area contributed by atoms with Gasteiger partial charge in [-0.3, -0.25) is 9.59 Å². The highest BCUT2D eigenvalue weighted by Gasteiger charge is 2.57. The van der Waals surface area contributed by atoms with Crippen LogP contribution in [0.2, 0.25) is 0 Å². The van der Waals surface area contributed by atoms with Gasteiger partial charge in [-0.1, -0.05) is 0 Å². The highest BCUT2D eigenvalue weighted by atomic mass is 19.3. The Morgan fingerprint density at radius 1 is 0.955 bits per heavy atom. The maximum absolute atomic E-state index is 13.3. The third kappa shape index (κ3) is 2.21. The van der Waals surface area contributed by atoms with Crippen molar-refractivity contribution in [3.8, 4) is 0 Å². The van der Waals surface area contributed by atoms with Crippen LogP contribution in [0.15, 0.2) is 0 Å². The van der Waals surface area contributed by atoms with Crippen molar-refractivity contribution >= 4 is 11.9 Å². The number of carbonyl (C=O) groups excluding carboxylic acids is 1. The van der Waals surface area contributed by atoms with Gasteiger partial charge in [0.2, 0.25) is 5.91 Å². The molecule has 2 bridgehead atoms. The van der Waals surface area contributed by atoms with Gasteiger partial charge in [0.25, 0.3) is 5.92 Å². The molecule has 5 nitrogen and oxygen atoms in total. The van der Waals surface area contributed by atoms with Crippen molar-refractivity contribution in [3.05, 3.63) is 0 Å². The smallest absolute Gasteiger partial charge is 0.309 e. The van der Waals surface area contributed by atoms with E-state index in [-0.39, 0.29) is 12.3 Å². The number of hydrogen-bond donors (Lipinski definition) is 3. The van der Waals surface area contributed by atoms with Crippen LogP contribution >= 0.6 is 0 Å². The molecule has 0 aliphatic heterocycles. The molecular formula is C15H21F2NO4. The second-order valence-electron chi connectivity index (χ2n) is 7.19. The topological polar surface area (TPSA) is 86.6 Å². The molecule has 4 aliphatic carbocycles. The van der Waals surface area contributed by atoms with Crippen LogP contribution in [-0.4, -0.2) is 40.2 Å². The molecule has 4 rings (SSSR count). The van der Waals surface area contributed by atoms with E-state index in [0.29, 0.717) is 38.5 Å². The summed E-state index contributed by atoms with van der Waals surface area (Å²) in [6, 6.07) is -0.912. The Morgan fingerprint density at radius 2 is 1.45 bits per heavy atom. The standard InChI is InChI=1S/C15H21F2NO4/c16-15(17)2-1-9(10(15)19)18-11(20)13-3-6-14(7-4-13,8-5-13)12(21)22/h9-10,19H,1-8H2,(H,18,20)(H,21,22)/t9-,10+,13?,14?/m0/s1. The van der Waals surface area contributed by atoms with E-state index in [0.717, 1.165) is 0 Å². The number of carboxylic acid groups (broad SMARTS) is 1. The summed E-state index contributed by atoms with van der Waals surface area (Å²) in [5, 5.41) is 21.5. The molecule has 4 saturated carbocycles. The van der Waals surface area contributed by atoms with E-state index in [1.165, 1.54) is 0 Å². The zero-order valence-corrected chi connectivity index (χ0v) is 12.3.